The Balaban J connectivity index is 1.79. The molecule has 6 nitrogen and oxygen atoms in total. The molecular formula is C22H27NO5S. The highest BCUT2D eigenvalue weighted by Crippen LogP contribution is 2.31. The highest BCUT2D eigenvalue weighted by atomic mass is 32.2. The number of methoxy groups -OCH3 is 1. The van der Waals surface area contributed by atoms with Crippen LogP contribution in [-0.4, -0.2) is 32.8 Å². The van der Waals surface area contributed by atoms with Crippen LogP contribution in [-0.2, 0) is 9.84 Å². The zero-order valence-electron chi connectivity index (χ0n) is 17.0. The highest BCUT2D eigenvalue weighted by Gasteiger charge is 2.30. The van der Waals surface area contributed by atoms with Gasteiger partial charge in [-0.05, 0) is 63.1 Å². The Morgan fingerprint density at radius 2 is 1.79 bits per heavy atom. The van der Waals surface area contributed by atoms with E-state index in [2.05, 4.69) is 5.32 Å². The molecule has 0 bridgehead atoms. The van der Waals surface area contributed by atoms with Crippen LogP contribution in [0.15, 0.2) is 47.4 Å². The van der Waals surface area contributed by atoms with Gasteiger partial charge in [0.15, 0.2) is 21.3 Å². The Morgan fingerprint density at radius 1 is 1.07 bits per heavy atom. The molecule has 0 heterocycles. The minimum Gasteiger partial charge on any atom is -0.493 e. The van der Waals surface area contributed by atoms with Gasteiger partial charge in [0.1, 0.15) is 0 Å². The molecule has 3 rings (SSSR count). The van der Waals surface area contributed by atoms with Gasteiger partial charge in [-0.15, -0.1) is 0 Å². The predicted octanol–water partition coefficient (Wildman–Crippen LogP) is 4.45. The van der Waals surface area contributed by atoms with Crippen molar-refractivity contribution in [1.29, 1.82) is 0 Å². The molecule has 1 aliphatic rings. The number of rotatable bonds is 7. The molecule has 29 heavy (non-hydrogen) atoms. The third kappa shape index (κ3) is 4.90. The zero-order valence-corrected chi connectivity index (χ0v) is 17.8. The number of carbonyl (C=O) groups is 1. The Bertz CT molecular complexity index is 978. The maximum Gasteiger partial charge on any atom is 0.255 e. The smallest absolute Gasteiger partial charge is 0.255 e. The molecule has 1 saturated carbocycles. The number of hydrogen-bond acceptors (Lipinski definition) is 5. The minimum absolute atomic E-state index is 0.0202. The number of sulfone groups is 1. The van der Waals surface area contributed by atoms with Crippen molar-refractivity contribution >= 4 is 21.4 Å². The predicted molar refractivity (Wildman–Crippen MR) is 113 cm³/mol. The second-order valence-electron chi connectivity index (χ2n) is 7.47. The number of anilines is 1. The fourth-order valence-corrected chi connectivity index (χ4v) is 5.40. The van der Waals surface area contributed by atoms with Crippen LogP contribution in [0.4, 0.5) is 5.69 Å². The molecule has 2 aromatic carbocycles. The van der Waals surface area contributed by atoms with Gasteiger partial charge in [0, 0.05) is 11.3 Å². The van der Waals surface area contributed by atoms with Gasteiger partial charge in [-0.2, -0.15) is 0 Å². The highest BCUT2D eigenvalue weighted by molar-refractivity contribution is 7.92. The molecule has 0 saturated heterocycles. The van der Waals surface area contributed by atoms with Crippen LogP contribution in [0.5, 0.6) is 11.5 Å². The third-order valence-corrected chi connectivity index (χ3v) is 7.21. The van der Waals surface area contributed by atoms with Crippen LogP contribution < -0.4 is 14.8 Å². The molecule has 1 N–H and O–H groups in total. The molecule has 1 amide bonds. The van der Waals surface area contributed by atoms with Gasteiger partial charge in [0.25, 0.3) is 5.91 Å². The lowest BCUT2D eigenvalue weighted by atomic mass is 10.1. The summed E-state index contributed by atoms with van der Waals surface area (Å²) in [7, 11) is -1.86. The number of nitrogens with one attached hydrogen (secondary N) is 1. The van der Waals surface area contributed by atoms with Crippen molar-refractivity contribution in [1.82, 2.24) is 0 Å². The Labute approximate surface area is 172 Å². The SMILES string of the molecule is COc1cc(C(=O)Nc2cccc(S(=O)(=O)C3CCCC3)c2)ccc1OC(C)C. The lowest BCUT2D eigenvalue weighted by molar-refractivity contribution is 0.102. The van der Waals surface area contributed by atoms with Gasteiger partial charge in [0.2, 0.25) is 0 Å². The molecule has 0 unspecified atom stereocenters. The summed E-state index contributed by atoms with van der Waals surface area (Å²) < 4.78 is 36.6. The van der Waals surface area contributed by atoms with E-state index in [9.17, 15) is 13.2 Å². The standard InChI is InChI=1S/C22H27NO5S/c1-15(2)28-20-12-11-16(13-21(20)27-3)22(24)23-17-7-6-10-19(14-17)29(25,26)18-8-4-5-9-18/h6-7,10-15,18H,4-5,8-9H2,1-3H3,(H,23,24). The molecule has 7 heteroatoms. The molecule has 0 atom stereocenters. The van der Waals surface area contributed by atoms with E-state index in [1.807, 2.05) is 13.8 Å². The number of benzene rings is 2. The topological polar surface area (TPSA) is 81.7 Å². The average molecular weight is 418 g/mol. The van der Waals surface area contributed by atoms with E-state index in [-0.39, 0.29) is 22.2 Å². The van der Waals surface area contributed by atoms with Gasteiger partial charge < -0.3 is 14.8 Å². The van der Waals surface area contributed by atoms with Crippen molar-refractivity contribution in [2.75, 3.05) is 12.4 Å². The van der Waals surface area contributed by atoms with E-state index >= 15 is 0 Å². The summed E-state index contributed by atoms with van der Waals surface area (Å²) in [5.74, 6) is 0.669. The quantitative estimate of drug-likeness (QED) is 0.720. The third-order valence-electron chi connectivity index (χ3n) is 4.95. The first kappa shape index (κ1) is 21.2. The lowest BCUT2D eigenvalue weighted by Crippen LogP contribution is -2.18. The Morgan fingerprint density at radius 3 is 2.45 bits per heavy atom. The molecule has 2 aromatic rings. The number of hydrogen-bond donors (Lipinski definition) is 1. The number of ether oxygens (including phenoxy) is 2. The Kier molecular flexibility index (Phi) is 6.47. The van der Waals surface area contributed by atoms with Gasteiger partial charge in [-0.1, -0.05) is 18.9 Å². The summed E-state index contributed by atoms with van der Waals surface area (Å²) in [6.07, 6.45) is 3.26. The summed E-state index contributed by atoms with van der Waals surface area (Å²) in [5, 5.41) is 2.45. The summed E-state index contributed by atoms with van der Waals surface area (Å²) in [5.41, 5.74) is 0.831. The maximum atomic E-state index is 12.8. The molecule has 0 aromatic heterocycles. The monoisotopic (exact) mass is 417 g/mol. The van der Waals surface area contributed by atoms with Crippen LogP contribution >= 0.6 is 0 Å². The lowest BCUT2D eigenvalue weighted by Gasteiger charge is -2.15. The van der Waals surface area contributed by atoms with E-state index in [0.29, 0.717) is 35.6 Å². The Hall–Kier alpha value is -2.54. The van der Waals surface area contributed by atoms with Crippen molar-refractivity contribution in [2.24, 2.45) is 0 Å². The first-order valence-electron chi connectivity index (χ1n) is 9.81. The van der Waals surface area contributed by atoms with E-state index < -0.39 is 9.84 Å². The molecule has 156 valence electrons. The first-order chi connectivity index (χ1) is 13.8. The van der Waals surface area contributed by atoms with Crippen molar-refractivity contribution in [3.05, 3.63) is 48.0 Å². The summed E-state index contributed by atoms with van der Waals surface area (Å²) >= 11 is 0. The van der Waals surface area contributed by atoms with Crippen molar-refractivity contribution in [3.63, 3.8) is 0 Å². The van der Waals surface area contributed by atoms with Crippen molar-refractivity contribution in [2.45, 2.75) is 55.8 Å². The molecule has 0 radical (unpaired) electrons. The number of amides is 1. The number of carbonyl (C=O) groups excluding carboxylic acids is 1. The normalized spacial score (nSPS) is 14.8. The minimum atomic E-state index is -3.38. The average Bonchev–Trinajstić information content (AvgIpc) is 3.23. The van der Waals surface area contributed by atoms with Gasteiger partial charge >= 0.3 is 0 Å². The molecule has 1 fully saturated rings. The summed E-state index contributed by atoms with van der Waals surface area (Å²) in [6, 6.07) is 11.4. The molecular weight excluding hydrogens is 390 g/mol. The van der Waals surface area contributed by atoms with Gasteiger partial charge in [0.05, 0.1) is 23.4 Å². The summed E-state index contributed by atoms with van der Waals surface area (Å²) in [6.45, 7) is 3.82. The van der Waals surface area contributed by atoms with E-state index in [1.165, 1.54) is 13.2 Å². The van der Waals surface area contributed by atoms with Crippen LogP contribution in [0.2, 0.25) is 0 Å². The molecule has 0 aliphatic heterocycles. The van der Waals surface area contributed by atoms with E-state index in [1.54, 1.807) is 36.4 Å². The molecule has 0 spiro atoms. The van der Waals surface area contributed by atoms with Crippen LogP contribution in [0, 0.1) is 0 Å². The van der Waals surface area contributed by atoms with Crippen LogP contribution in [0.25, 0.3) is 0 Å². The summed E-state index contributed by atoms with van der Waals surface area (Å²) in [4.78, 5) is 12.9. The van der Waals surface area contributed by atoms with Crippen LogP contribution in [0.3, 0.4) is 0 Å². The van der Waals surface area contributed by atoms with Crippen LogP contribution in [0.1, 0.15) is 49.9 Å². The van der Waals surface area contributed by atoms with Crippen molar-refractivity contribution < 1.29 is 22.7 Å². The van der Waals surface area contributed by atoms with Gasteiger partial charge in [-0.3, -0.25) is 4.79 Å². The largest absolute Gasteiger partial charge is 0.493 e. The second kappa shape index (κ2) is 8.86. The van der Waals surface area contributed by atoms with Gasteiger partial charge in [-0.25, -0.2) is 8.42 Å². The van der Waals surface area contributed by atoms with Crippen molar-refractivity contribution in [3.8, 4) is 11.5 Å². The first-order valence-corrected chi connectivity index (χ1v) is 11.4. The second-order valence-corrected chi connectivity index (χ2v) is 9.69. The fourth-order valence-electron chi connectivity index (χ4n) is 3.51. The van der Waals surface area contributed by atoms with E-state index in [4.69, 9.17) is 9.47 Å². The van der Waals surface area contributed by atoms with E-state index in [0.717, 1.165) is 12.8 Å². The zero-order chi connectivity index (χ0) is 21.0. The molecule has 1 aliphatic carbocycles. The maximum absolute atomic E-state index is 12.8. The fraction of sp³-hybridized carbons (Fsp3) is 0.409.